The molecule has 1 aromatic carbocycles. The average Bonchev–Trinajstić information content (AvgIpc) is 2.62. The number of amides is 2. The number of nitrogens with zero attached hydrogens (tertiary/aromatic N) is 1. The molecule has 0 spiro atoms. The lowest BCUT2D eigenvalue weighted by Crippen LogP contribution is -2.45. The van der Waals surface area contributed by atoms with E-state index in [1.165, 1.54) is 23.5 Å². The van der Waals surface area contributed by atoms with Crippen LogP contribution < -0.4 is 5.73 Å². The van der Waals surface area contributed by atoms with E-state index in [0.29, 0.717) is 16.7 Å². The summed E-state index contributed by atoms with van der Waals surface area (Å²) in [5.41, 5.74) is 7.34. The van der Waals surface area contributed by atoms with E-state index >= 15 is 0 Å². The van der Waals surface area contributed by atoms with Gasteiger partial charge in [0, 0.05) is 24.6 Å². The first-order valence-electron chi connectivity index (χ1n) is 8.57. The second kappa shape index (κ2) is 8.30. The van der Waals surface area contributed by atoms with Gasteiger partial charge in [-0.2, -0.15) is 0 Å². The van der Waals surface area contributed by atoms with Gasteiger partial charge in [0.1, 0.15) is 0 Å². The van der Waals surface area contributed by atoms with Crippen molar-refractivity contribution in [3.8, 4) is 0 Å². The molecule has 2 aliphatic rings. The molecule has 2 amide bonds. The van der Waals surface area contributed by atoms with E-state index in [2.05, 4.69) is 12.1 Å². The number of hydrogen-bond acceptors (Lipinski definition) is 4. The number of thioether (sulfide) groups is 2. The first-order chi connectivity index (χ1) is 11.6. The van der Waals surface area contributed by atoms with Crippen molar-refractivity contribution in [3.05, 3.63) is 35.4 Å². The summed E-state index contributed by atoms with van der Waals surface area (Å²) in [5.74, 6) is 2.11. The monoisotopic (exact) mass is 364 g/mol. The Balaban J connectivity index is 1.70. The van der Waals surface area contributed by atoms with E-state index in [1.54, 1.807) is 0 Å². The predicted octanol–water partition coefficient (Wildman–Crippen LogP) is 3.43. The number of likely N-dealkylation sites (tertiary alicyclic amines) is 1. The summed E-state index contributed by atoms with van der Waals surface area (Å²) < 4.78 is 0.487. The van der Waals surface area contributed by atoms with Gasteiger partial charge >= 0.3 is 0 Å². The van der Waals surface area contributed by atoms with Crippen molar-refractivity contribution >= 4 is 35.3 Å². The first kappa shape index (κ1) is 17.7. The van der Waals surface area contributed by atoms with Crippen LogP contribution in [0.2, 0.25) is 0 Å². The molecule has 2 saturated heterocycles. The zero-order valence-electron chi connectivity index (χ0n) is 13.8. The number of nitrogens with two attached hydrogens (primary N) is 1. The molecule has 0 saturated carbocycles. The summed E-state index contributed by atoms with van der Waals surface area (Å²) in [7, 11) is 0. The number of carbonyl (C=O) groups is 2. The molecule has 1 unspecified atom stereocenters. The van der Waals surface area contributed by atoms with Gasteiger partial charge in [0.2, 0.25) is 5.91 Å². The third-order valence-electron chi connectivity index (χ3n) is 4.58. The Bertz CT molecular complexity index is 585. The second-order valence-electron chi connectivity index (χ2n) is 6.37. The molecular weight excluding hydrogens is 340 g/mol. The van der Waals surface area contributed by atoms with E-state index in [9.17, 15) is 9.59 Å². The first-order valence-corrected chi connectivity index (χ1v) is 10.7. The summed E-state index contributed by atoms with van der Waals surface area (Å²) in [6.45, 7) is 0.715. The average molecular weight is 365 g/mol. The van der Waals surface area contributed by atoms with E-state index < -0.39 is 0 Å². The minimum atomic E-state index is -0.332. The van der Waals surface area contributed by atoms with Gasteiger partial charge in [0.05, 0.1) is 4.58 Å². The highest BCUT2D eigenvalue weighted by Gasteiger charge is 2.28. The van der Waals surface area contributed by atoms with Crippen LogP contribution in [-0.4, -0.2) is 40.8 Å². The Morgan fingerprint density at radius 1 is 1.08 bits per heavy atom. The molecule has 0 aromatic heterocycles. The fourth-order valence-electron chi connectivity index (χ4n) is 3.34. The van der Waals surface area contributed by atoms with Gasteiger partial charge in [0.25, 0.3) is 5.91 Å². The van der Waals surface area contributed by atoms with Crippen molar-refractivity contribution in [3.63, 3.8) is 0 Å². The quantitative estimate of drug-likeness (QED) is 0.889. The van der Waals surface area contributed by atoms with Crippen LogP contribution in [0.4, 0.5) is 0 Å². The number of piperidine rings is 1. The largest absolute Gasteiger partial charge is 0.370 e. The van der Waals surface area contributed by atoms with Crippen molar-refractivity contribution < 1.29 is 9.59 Å². The number of benzene rings is 1. The van der Waals surface area contributed by atoms with Gasteiger partial charge < -0.3 is 10.6 Å². The van der Waals surface area contributed by atoms with Crippen LogP contribution in [-0.2, 0) is 4.79 Å². The summed E-state index contributed by atoms with van der Waals surface area (Å²) in [5, 5.41) is 0. The van der Waals surface area contributed by atoms with Gasteiger partial charge in [0.15, 0.2) is 0 Å². The van der Waals surface area contributed by atoms with Crippen molar-refractivity contribution in [1.29, 1.82) is 0 Å². The second-order valence-corrected chi connectivity index (χ2v) is 9.09. The molecule has 130 valence electrons. The molecule has 24 heavy (non-hydrogen) atoms. The molecule has 3 rings (SSSR count). The van der Waals surface area contributed by atoms with Crippen LogP contribution in [0.1, 0.15) is 52.6 Å². The lowest BCUT2D eigenvalue weighted by atomic mass is 9.98. The maximum absolute atomic E-state index is 12.8. The molecule has 1 atom stereocenters. The molecule has 0 aliphatic carbocycles. The highest BCUT2D eigenvalue weighted by Crippen LogP contribution is 2.43. The fraction of sp³-hybridized carbons (Fsp3) is 0.556. The molecule has 4 nitrogen and oxygen atoms in total. The van der Waals surface area contributed by atoms with Crippen molar-refractivity contribution in [2.75, 3.05) is 18.1 Å². The van der Waals surface area contributed by atoms with E-state index in [1.807, 2.05) is 40.6 Å². The number of rotatable bonds is 4. The molecule has 1 aromatic rings. The molecule has 0 bridgehead atoms. The van der Waals surface area contributed by atoms with Crippen molar-refractivity contribution in [1.82, 2.24) is 4.90 Å². The normalized spacial score (nSPS) is 22.3. The molecule has 0 radical (unpaired) electrons. The maximum Gasteiger partial charge on any atom is 0.254 e. The summed E-state index contributed by atoms with van der Waals surface area (Å²) >= 11 is 3.96. The van der Waals surface area contributed by atoms with Gasteiger partial charge in [-0.25, -0.2) is 0 Å². The fourth-order valence-corrected chi connectivity index (χ4v) is 6.24. The zero-order valence-corrected chi connectivity index (χ0v) is 15.4. The molecular formula is C18H24N2O2S2. The Kier molecular flexibility index (Phi) is 6.11. The van der Waals surface area contributed by atoms with Crippen LogP contribution in [0.25, 0.3) is 0 Å². The summed E-state index contributed by atoms with van der Waals surface area (Å²) in [6, 6.07) is 7.98. The van der Waals surface area contributed by atoms with Gasteiger partial charge in [-0.3, -0.25) is 9.59 Å². The van der Waals surface area contributed by atoms with Crippen LogP contribution in [0.5, 0.6) is 0 Å². The standard InChI is InChI=1S/C18H24N2O2S2/c19-16(21)12-15-4-1-2-9-20(15)17(22)13-5-7-14(8-6-13)18-23-10-3-11-24-18/h5-8,15,18H,1-4,9-12H2,(H2,19,21). The summed E-state index contributed by atoms with van der Waals surface area (Å²) in [4.78, 5) is 26.0. The van der Waals surface area contributed by atoms with Gasteiger partial charge in [-0.15, -0.1) is 23.5 Å². The molecule has 2 fully saturated rings. The predicted molar refractivity (Wildman–Crippen MR) is 101 cm³/mol. The SMILES string of the molecule is NC(=O)CC1CCCCN1C(=O)c1ccc(C2SCCCS2)cc1. The minimum absolute atomic E-state index is 0.0245. The van der Waals surface area contributed by atoms with Crippen molar-refractivity contribution in [2.24, 2.45) is 5.73 Å². The number of primary amides is 1. The highest BCUT2D eigenvalue weighted by molar-refractivity contribution is 8.16. The Morgan fingerprint density at radius 3 is 2.46 bits per heavy atom. The Hall–Kier alpha value is -1.14. The Labute approximate surface area is 151 Å². The molecule has 2 aliphatic heterocycles. The van der Waals surface area contributed by atoms with Crippen LogP contribution in [0.3, 0.4) is 0 Å². The van der Waals surface area contributed by atoms with Crippen molar-refractivity contribution in [2.45, 2.75) is 42.7 Å². The lowest BCUT2D eigenvalue weighted by molar-refractivity contribution is -0.119. The summed E-state index contributed by atoms with van der Waals surface area (Å²) in [6.07, 6.45) is 4.45. The van der Waals surface area contributed by atoms with E-state index in [-0.39, 0.29) is 24.3 Å². The molecule has 6 heteroatoms. The van der Waals surface area contributed by atoms with Gasteiger partial charge in [-0.1, -0.05) is 12.1 Å². The Morgan fingerprint density at radius 2 is 1.79 bits per heavy atom. The molecule has 2 heterocycles. The van der Waals surface area contributed by atoms with E-state index in [0.717, 1.165) is 19.3 Å². The highest BCUT2D eigenvalue weighted by atomic mass is 32.2. The number of hydrogen-bond donors (Lipinski definition) is 1. The minimum Gasteiger partial charge on any atom is -0.370 e. The third kappa shape index (κ3) is 4.28. The van der Waals surface area contributed by atoms with E-state index in [4.69, 9.17) is 5.73 Å². The lowest BCUT2D eigenvalue weighted by Gasteiger charge is -2.35. The topological polar surface area (TPSA) is 63.4 Å². The maximum atomic E-state index is 12.8. The zero-order chi connectivity index (χ0) is 16.9. The van der Waals surface area contributed by atoms with Gasteiger partial charge in [-0.05, 0) is 54.9 Å². The third-order valence-corrected chi connectivity index (χ3v) is 7.60. The molecule has 2 N–H and O–H groups in total. The van der Waals surface area contributed by atoms with Crippen LogP contribution >= 0.6 is 23.5 Å². The van der Waals surface area contributed by atoms with Crippen LogP contribution in [0, 0.1) is 0 Å². The van der Waals surface area contributed by atoms with Crippen LogP contribution in [0.15, 0.2) is 24.3 Å². The smallest absolute Gasteiger partial charge is 0.254 e. The number of carbonyl (C=O) groups excluding carboxylic acids is 2.